The summed E-state index contributed by atoms with van der Waals surface area (Å²) < 4.78 is 45.2. The van der Waals surface area contributed by atoms with Crippen molar-refractivity contribution < 1.29 is 17.9 Å². The van der Waals surface area contributed by atoms with Crippen molar-refractivity contribution >= 4 is 27.5 Å². The van der Waals surface area contributed by atoms with Gasteiger partial charge in [0.1, 0.15) is 17.4 Å². The van der Waals surface area contributed by atoms with Crippen LogP contribution in [0.4, 0.5) is 13.2 Å². The fourth-order valence-corrected chi connectivity index (χ4v) is 2.34. The Balaban J connectivity index is 2.12. The lowest BCUT2D eigenvalue weighted by molar-refractivity contribution is -0.138. The standard InChI is InChI=1S/C14H10BrClF3NO2/c15-10-2-1-3-11(7-10)22-5-4-20-8-9(14(17,18)19)6-12(16)13(20)21/h1-3,6-8H,4-5H2. The predicted octanol–water partition coefficient (Wildman–Crippen LogP) is 4.36. The molecule has 3 nitrogen and oxygen atoms in total. The third kappa shape index (κ3) is 4.27. The van der Waals surface area contributed by atoms with Gasteiger partial charge in [0, 0.05) is 10.7 Å². The molecule has 2 rings (SSSR count). The summed E-state index contributed by atoms with van der Waals surface area (Å²) in [6, 6.07) is 7.60. The maximum atomic E-state index is 12.7. The Morgan fingerprint density at radius 3 is 2.64 bits per heavy atom. The second-order valence-electron chi connectivity index (χ2n) is 4.38. The molecule has 8 heteroatoms. The van der Waals surface area contributed by atoms with Gasteiger partial charge in [0.25, 0.3) is 5.56 Å². The van der Waals surface area contributed by atoms with Gasteiger partial charge in [0.2, 0.25) is 0 Å². The first-order valence-electron chi connectivity index (χ1n) is 6.13. The van der Waals surface area contributed by atoms with E-state index >= 15 is 0 Å². The number of hydrogen-bond acceptors (Lipinski definition) is 2. The average Bonchev–Trinajstić information content (AvgIpc) is 2.42. The molecule has 1 aromatic carbocycles. The van der Waals surface area contributed by atoms with E-state index in [1.165, 1.54) is 0 Å². The normalized spacial score (nSPS) is 11.5. The predicted molar refractivity (Wildman–Crippen MR) is 80.4 cm³/mol. The summed E-state index contributed by atoms with van der Waals surface area (Å²) in [6.45, 7) is -0.0109. The van der Waals surface area contributed by atoms with Crippen LogP contribution in [-0.2, 0) is 12.7 Å². The SMILES string of the molecule is O=c1c(Cl)cc(C(F)(F)F)cn1CCOc1cccc(Br)c1. The van der Waals surface area contributed by atoms with Gasteiger partial charge >= 0.3 is 6.18 Å². The Hall–Kier alpha value is -1.47. The van der Waals surface area contributed by atoms with Crippen LogP contribution in [0.3, 0.4) is 0 Å². The van der Waals surface area contributed by atoms with E-state index in [0.717, 1.165) is 15.2 Å². The third-order valence-electron chi connectivity index (χ3n) is 2.77. The number of alkyl halides is 3. The number of hydrogen-bond donors (Lipinski definition) is 0. The maximum Gasteiger partial charge on any atom is 0.417 e. The number of rotatable bonds is 4. The first-order chi connectivity index (χ1) is 10.3. The van der Waals surface area contributed by atoms with Gasteiger partial charge in [-0.2, -0.15) is 13.2 Å². The molecule has 0 saturated heterocycles. The number of benzene rings is 1. The summed E-state index contributed by atoms with van der Waals surface area (Å²) >= 11 is 8.84. The smallest absolute Gasteiger partial charge is 0.417 e. The highest BCUT2D eigenvalue weighted by Gasteiger charge is 2.32. The monoisotopic (exact) mass is 395 g/mol. The van der Waals surface area contributed by atoms with Crippen LogP contribution in [0.2, 0.25) is 5.02 Å². The highest BCUT2D eigenvalue weighted by molar-refractivity contribution is 9.10. The van der Waals surface area contributed by atoms with Gasteiger partial charge in [-0.1, -0.05) is 33.6 Å². The average molecular weight is 397 g/mol. The summed E-state index contributed by atoms with van der Waals surface area (Å²) in [5.41, 5.74) is -1.66. The Labute approximate surface area is 137 Å². The van der Waals surface area contributed by atoms with Crippen molar-refractivity contribution in [3.63, 3.8) is 0 Å². The fourth-order valence-electron chi connectivity index (χ4n) is 1.74. The van der Waals surface area contributed by atoms with Crippen LogP contribution in [0.25, 0.3) is 0 Å². The summed E-state index contributed by atoms with van der Waals surface area (Å²) in [6.07, 6.45) is -3.83. The Morgan fingerprint density at radius 2 is 2.00 bits per heavy atom. The van der Waals surface area contributed by atoms with Crippen LogP contribution in [0.5, 0.6) is 5.75 Å². The minimum Gasteiger partial charge on any atom is -0.492 e. The lowest BCUT2D eigenvalue weighted by Crippen LogP contribution is -2.25. The molecule has 0 unspecified atom stereocenters. The number of nitrogens with zero attached hydrogens (tertiary/aromatic N) is 1. The molecule has 0 radical (unpaired) electrons. The van der Waals surface area contributed by atoms with E-state index < -0.39 is 22.3 Å². The molecule has 0 aliphatic heterocycles. The van der Waals surface area contributed by atoms with E-state index in [1.807, 2.05) is 6.07 Å². The molecule has 0 aliphatic carbocycles. The van der Waals surface area contributed by atoms with Gasteiger partial charge < -0.3 is 9.30 Å². The highest BCUT2D eigenvalue weighted by Crippen LogP contribution is 2.29. The van der Waals surface area contributed by atoms with Crippen LogP contribution in [-0.4, -0.2) is 11.2 Å². The third-order valence-corrected chi connectivity index (χ3v) is 3.53. The van der Waals surface area contributed by atoms with Crippen molar-refractivity contribution in [1.29, 1.82) is 0 Å². The molecule has 0 spiro atoms. The van der Waals surface area contributed by atoms with Gasteiger partial charge in [-0.25, -0.2) is 0 Å². The second-order valence-corrected chi connectivity index (χ2v) is 5.70. The van der Waals surface area contributed by atoms with E-state index in [4.69, 9.17) is 16.3 Å². The van der Waals surface area contributed by atoms with Crippen LogP contribution in [0, 0.1) is 0 Å². The molecule has 118 valence electrons. The van der Waals surface area contributed by atoms with Gasteiger partial charge in [-0.15, -0.1) is 0 Å². The van der Waals surface area contributed by atoms with Crippen LogP contribution in [0.1, 0.15) is 5.56 Å². The topological polar surface area (TPSA) is 31.2 Å². The van der Waals surface area contributed by atoms with Crippen molar-refractivity contribution in [2.45, 2.75) is 12.7 Å². The molecule has 0 N–H and O–H groups in total. The van der Waals surface area contributed by atoms with E-state index in [-0.39, 0.29) is 13.2 Å². The first kappa shape index (κ1) is 16.9. The van der Waals surface area contributed by atoms with Gasteiger partial charge in [0.15, 0.2) is 0 Å². The lowest BCUT2D eigenvalue weighted by atomic mass is 10.2. The zero-order valence-electron chi connectivity index (χ0n) is 11.0. The molecule has 0 aliphatic rings. The zero-order chi connectivity index (χ0) is 16.3. The Kier molecular flexibility index (Phi) is 5.18. The summed E-state index contributed by atoms with van der Waals surface area (Å²) in [5.74, 6) is 0.542. The Bertz CT molecular complexity index is 731. The molecule has 0 saturated carbocycles. The largest absolute Gasteiger partial charge is 0.492 e. The van der Waals surface area contributed by atoms with Gasteiger partial charge in [-0.3, -0.25) is 4.79 Å². The molecule has 1 aromatic heterocycles. The Morgan fingerprint density at radius 1 is 1.27 bits per heavy atom. The molecule has 0 bridgehead atoms. The van der Waals surface area contributed by atoms with Crippen LogP contribution >= 0.6 is 27.5 Å². The minimum absolute atomic E-state index is 0.0357. The highest BCUT2D eigenvalue weighted by atomic mass is 79.9. The van der Waals surface area contributed by atoms with E-state index in [9.17, 15) is 18.0 Å². The van der Waals surface area contributed by atoms with Crippen LogP contribution < -0.4 is 10.3 Å². The number of aromatic nitrogens is 1. The summed E-state index contributed by atoms with van der Waals surface area (Å²) in [7, 11) is 0. The van der Waals surface area contributed by atoms with Gasteiger partial charge in [0.05, 0.1) is 12.1 Å². The first-order valence-corrected chi connectivity index (χ1v) is 7.30. The van der Waals surface area contributed by atoms with E-state index in [1.54, 1.807) is 18.2 Å². The lowest BCUT2D eigenvalue weighted by Gasteiger charge is -2.12. The maximum absolute atomic E-state index is 12.7. The quantitative estimate of drug-likeness (QED) is 0.769. The zero-order valence-corrected chi connectivity index (χ0v) is 13.4. The second kappa shape index (κ2) is 6.75. The molecule has 0 fully saturated rings. The summed E-state index contributed by atoms with van der Waals surface area (Å²) in [5, 5.41) is -0.475. The van der Waals surface area contributed by atoms with Gasteiger partial charge in [-0.05, 0) is 24.3 Å². The number of pyridine rings is 1. The molecule has 22 heavy (non-hydrogen) atoms. The number of halogens is 5. The fraction of sp³-hybridized carbons (Fsp3) is 0.214. The number of ether oxygens (including phenoxy) is 1. The van der Waals surface area contributed by atoms with Crippen molar-refractivity contribution in [3.05, 3.63) is 61.9 Å². The minimum atomic E-state index is -4.57. The van der Waals surface area contributed by atoms with Crippen LogP contribution in [0.15, 0.2) is 45.8 Å². The molecule has 2 aromatic rings. The van der Waals surface area contributed by atoms with Crippen molar-refractivity contribution in [2.75, 3.05) is 6.61 Å². The molecule has 1 heterocycles. The summed E-state index contributed by atoms with van der Waals surface area (Å²) in [4.78, 5) is 11.7. The van der Waals surface area contributed by atoms with Crippen molar-refractivity contribution in [3.8, 4) is 5.75 Å². The van der Waals surface area contributed by atoms with Crippen molar-refractivity contribution in [1.82, 2.24) is 4.57 Å². The molecule has 0 amide bonds. The van der Waals surface area contributed by atoms with E-state index in [0.29, 0.717) is 11.8 Å². The molecule has 0 atom stereocenters. The molecular formula is C14H10BrClF3NO2. The van der Waals surface area contributed by atoms with E-state index in [2.05, 4.69) is 15.9 Å². The van der Waals surface area contributed by atoms with Crippen molar-refractivity contribution in [2.24, 2.45) is 0 Å². The molecular weight excluding hydrogens is 387 g/mol.